The quantitative estimate of drug-likeness (QED) is 0.448. The van der Waals surface area contributed by atoms with E-state index < -0.39 is 17.6 Å². The summed E-state index contributed by atoms with van der Waals surface area (Å²) in [5, 5.41) is 0. The third kappa shape index (κ3) is 5.10. The Hall–Kier alpha value is -1.73. The molecule has 0 spiro atoms. The summed E-state index contributed by atoms with van der Waals surface area (Å²) in [6, 6.07) is 1.47. The third-order valence-electron chi connectivity index (χ3n) is 2.40. The van der Waals surface area contributed by atoms with Gasteiger partial charge in [0.15, 0.2) is 0 Å². The normalized spacial score (nSPS) is 10.6. The van der Waals surface area contributed by atoms with Gasteiger partial charge in [-0.1, -0.05) is 0 Å². The number of rotatable bonds is 8. The van der Waals surface area contributed by atoms with Crippen molar-refractivity contribution in [3.05, 3.63) is 29.3 Å². The van der Waals surface area contributed by atoms with E-state index in [4.69, 9.17) is 19.9 Å². The van der Waals surface area contributed by atoms with Gasteiger partial charge in [0.05, 0.1) is 31.1 Å². The van der Waals surface area contributed by atoms with Crippen molar-refractivity contribution in [3.8, 4) is 0 Å². The summed E-state index contributed by atoms with van der Waals surface area (Å²) in [6.45, 7) is 1.40. The van der Waals surface area contributed by atoms with Gasteiger partial charge in [-0.3, -0.25) is 0 Å². The molecule has 0 aliphatic carbocycles. The van der Waals surface area contributed by atoms with Crippen LogP contribution in [0.5, 0.6) is 0 Å². The van der Waals surface area contributed by atoms with Gasteiger partial charge in [-0.15, -0.1) is 0 Å². The van der Waals surface area contributed by atoms with Crippen LogP contribution < -0.4 is 5.73 Å². The van der Waals surface area contributed by atoms with Crippen molar-refractivity contribution in [2.45, 2.75) is 6.42 Å². The second-order valence-electron chi connectivity index (χ2n) is 3.95. The summed E-state index contributed by atoms with van der Waals surface area (Å²) in [5.74, 6) is -2.80. The van der Waals surface area contributed by atoms with Crippen LogP contribution in [-0.2, 0) is 14.2 Å². The number of methoxy groups -OCH3 is 1. The van der Waals surface area contributed by atoms with E-state index in [1.165, 1.54) is 0 Å². The van der Waals surface area contributed by atoms with Crippen molar-refractivity contribution >= 4 is 11.7 Å². The highest BCUT2D eigenvalue weighted by Crippen LogP contribution is 2.17. The Morgan fingerprint density at radius 1 is 1.15 bits per heavy atom. The standard InChI is InChI=1S/C13H17F2NO4/c1-18-5-6-19-3-2-4-20-13(17)9-7-12(16)11(15)8-10(9)14/h7-8H,2-6,16H2,1H3. The van der Waals surface area contributed by atoms with Gasteiger partial charge < -0.3 is 19.9 Å². The Kier molecular flexibility index (Phi) is 6.89. The number of benzene rings is 1. The van der Waals surface area contributed by atoms with Crippen molar-refractivity contribution in [3.63, 3.8) is 0 Å². The first-order chi connectivity index (χ1) is 9.56. The number of esters is 1. The number of anilines is 1. The van der Waals surface area contributed by atoms with Crippen molar-refractivity contribution in [1.29, 1.82) is 0 Å². The van der Waals surface area contributed by atoms with Crippen molar-refractivity contribution in [1.82, 2.24) is 0 Å². The summed E-state index contributed by atoms with van der Waals surface area (Å²) in [5.41, 5.74) is 4.58. The maximum atomic E-state index is 13.4. The Balaban J connectivity index is 2.34. The number of hydrogen-bond donors (Lipinski definition) is 1. The Morgan fingerprint density at radius 3 is 2.60 bits per heavy atom. The molecule has 5 nitrogen and oxygen atoms in total. The number of ether oxygens (including phenoxy) is 3. The summed E-state index contributed by atoms with van der Waals surface area (Å²) in [6.07, 6.45) is 0.466. The largest absolute Gasteiger partial charge is 0.462 e. The lowest BCUT2D eigenvalue weighted by molar-refractivity contribution is 0.0382. The van der Waals surface area contributed by atoms with Crippen LogP contribution in [0.15, 0.2) is 12.1 Å². The van der Waals surface area contributed by atoms with Crippen LogP contribution in [0.2, 0.25) is 0 Å². The lowest BCUT2D eigenvalue weighted by atomic mass is 10.2. The molecule has 0 aliphatic heterocycles. The number of halogens is 2. The number of carbonyl (C=O) groups is 1. The zero-order chi connectivity index (χ0) is 15.0. The molecule has 0 unspecified atom stereocenters. The van der Waals surface area contributed by atoms with Gasteiger partial charge >= 0.3 is 5.97 Å². The van der Waals surface area contributed by atoms with Gasteiger partial charge in [-0.05, 0) is 6.07 Å². The third-order valence-corrected chi connectivity index (χ3v) is 2.40. The minimum Gasteiger partial charge on any atom is -0.462 e. The minimum atomic E-state index is -1.00. The van der Waals surface area contributed by atoms with E-state index in [1.54, 1.807) is 7.11 Å². The molecule has 0 fully saturated rings. The van der Waals surface area contributed by atoms with Gasteiger partial charge in [0.1, 0.15) is 11.6 Å². The summed E-state index contributed by atoms with van der Waals surface area (Å²) in [7, 11) is 1.56. The number of hydrogen-bond acceptors (Lipinski definition) is 5. The van der Waals surface area contributed by atoms with E-state index in [9.17, 15) is 13.6 Å². The van der Waals surface area contributed by atoms with Crippen LogP contribution in [0.25, 0.3) is 0 Å². The molecule has 0 saturated heterocycles. The molecule has 0 radical (unpaired) electrons. The highest BCUT2D eigenvalue weighted by Gasteiger charge is 2.16. The molecule has 7 heteroatoms. The minimum absolute atomic E-state index is 0.0720. The molecule has 112 valence electrons. The van der Waals surface area contributed by atoms with Crippen LogP contribution in [0.3, 0.4) is 0 Å². The molecule has 0 amide bonds. The van der Waals surface area contributed by atoms with Crippen molar-refractivity contribution in [2.75, 3.05) is 39.3 Å². The molecule has 1 aromatic rings. The van der Waals surface area contributed by atoms with Crippen LogP contribution in [0.1, 0.15) is 16.8 Å². The topological polar surface area (TPSA) is 70.8 Å². The lowest BCUT2D eigenvalue weighted by Gasteiger charge is -2.07. The molecular formula is C13H17F2NO4. The van der Waals surface area contributed by atoms with Gasteiger partial charge in [0.25, 0.3) is 0 Å². The van der Waals surface area contributed by atoms with Crippen LogP contribution in [0, 0.1) is 11.6 Å². The lowest BCUT2D eigenvalue weighted by Crippen LogP contribution is -2.12. The van der Waals surface area contributed by atoms with Crippen molar-refractivity contribution < 1.29 is 27.8 Å². The van der Waals surface area contributed by atoms with Gasteiger partial charge in [0.2, 0.25) is 0 Å². The predicted molar refractivity (Wildman–Crippen MR) is 68.4 cm³/mol. The zero-order valence-electron chi connectivity index (χ0n) is 11.2. The predicted octanol–water partition coefficient (Wildman–Crippen LogP) is 1.76. The van der Waals surface area contributed by atoms with E-state index in [0.717, 1.165) is 6.07 Å². The van der Waals surface area contributed by atoms with E-state index >= 15 is 0 Å². The average molecular weight is 289 g/mol. The van der Waals surface area contributed by atoms with Gasteiger partial charge in [-0.25, -0.2) is 13.6 Å². The highest BCUT2D eigenvalue weighted by molar-refractivity contribution is 5.90. The molecular weight excluding hydrogens is 272 g/mol. The molecule has 1 rings (SSSR count). The summed E-state index contributed by atoms with van der Waals surface area (Å²) >= 11 is 0. The average Bonchev–Trinajstić information content (AvgIpc) is 2.41. The highest BCUT2D eigenvalue weighted by atomic mass is 19.1. The second-order valence-corrected chi connectivity index (χ2v) is 3.95. The van der Waals surface area contributed by atoms with E-state index in [1.807, 2.05) is 0 Å². The Bertz CT molecular complexity index is 454. The van der Waals surface area contributed by atoms with Crippen LogP contribution >= 0.6 is 0 Å². The SMILES string of the molecule is COCCOCCCOC(=O)c1cc(N)c(F)cc1F. The first-order valence-electron chi connectivity index (χ1n) is 6.04. The first-order valence-corrected chi connectivity index (χ1v) is 6.04. The fraction of sp³-hybridized carbons (Fsp3) is 0.462. The van der Waals surface area contributed by atoms with E-state index in [-0.39, 0.29) is 17.9 Å². The fourth-order valence-corrected chi connectivity index (χ4v) is 1.37. The van der Waals surface area contributed by atoms with E-state index in [2.05, 4.69) is 0 Å². The molecule has 0 saturated carbocycles. The summed E-state index contributed by atoms with van der Waals surface area (Å²) < 4.78 is 41.1. The molecule has 2 N–H and O–H groups in total. The molecule has 0 aromatic heterocycles. The molecule has 0 atom stereocenters. The first kappa shape index (κ1) is 16.3. The fourth-order valence-electron chi connectivity index (χ4n) is 1.37. The number of carbonyl (C=O) groups excluding carboxylic acids is 1. The van der Waals surface area contributed by atoms with Crippen LogP contribution in [0.4, 0.5) is 14.5 Å². The van der Waals surface area contributed by atoms with Crippen molar-refractivity contribution in [2.24, 2.45) is 0 Å². The van der Waals surface area contributed by atoms with Gasteiger partial charge in [-0.2, -0.15) is 0 Å². The molecule has 0 bridgehead atoms. The molecule has 1 aromatic carbocycles. The molecule has 0 heterocycles. The zero-order valence-corrected chi connectivity index (χ0v) is 11.2. The molecule has 0 aliphatic rings. The van der Waals surface area contributed by atoms with E-state index in [0.29, 0.717) is 32.3 Å². The molecule has 20 heavy (non-hydrogen) atoms. The van der Waals surface area contributed by atoms with Gasteiger partial charge in [0, 0.05) is 26.2 Å². The Labute approximate surface area is 115 Å². The smallest absolute Gasteiger partial charge is 0.341 e. The summed E-state index contributed by atoms with van der Waals surface area (Å²) in [4.78, 5) is 11.6. The number of nitrogen functional groups attached to an aromatic ring is 1. The monoisotopic (exact) mass is 289 g/mol. The maximum absolute atomic E-state index is 13.4. The van der Waals surface area contributed by atoms with Crippen LogP contribution in [-0.4, -0.2) is 39.5 Å². The number of nitrogens with two attached hydrogens (primary N) is 1. The maximum Gasteiger partial charge on any atom is 0.341 e. The Morgan fingerprint density at radius 2 is 1.90 bits per heavy atom. The second kappa shape index (κ2) is 8.44.